The molecule has 0 fully saturated rings. The fraction of sp³-hybridized carbons (Fsp3) is 0.250. The molecule has 3 heterocycles. The number of hydrogen-bond donors (Lipinski definition) is 0. The normalized spacial score (nSPS) is 12.9. The first-order chi connectivity index (χ1) is 11.5. The summed E-state index contributed by atoms with van der Waals surface area (Å²) in [6.07, 6.45) is -9.45. The van der Waals surface area contributed by atoms with E-state index in [0.29, 0.717) is 21.8 Å². The van der Waals surface area contributed by atoms with Gasteiger partial charge in [0.1, 0.15) is 10.8 Å². The second-order valence-corrected chi connectivity index (χ2v) is 6.05. The molecular formula is C12H5ClF6N4OS. The maximum Gasteiger partial charge on any atom is 0.435 e. The fourth-order valence-electron chi connectivity index (χ4n) is 2.04. The first-order valence-electron chi connectivity index (χ1n) is 6.35. The van der Waals surface area contributed by atoms with Crippen LogP contribution >= 0.6 is 22.9 Å². The maximum atomic E-state index is 12.8. The van der Waals surface area contributed by atoms with Gasteiger partial charge in [-0.15, -0.1) is 11.3 Å². The van der Waals surface area contributed by atoms with E-state index in [1.165, 1.54) is 0 Å². The first kappa shape index (κ1) is 17.7. The molecule has 0 spiro atoms. The van der Waals surface area contributed by atoms with E-state index in [9.17, 15) is 31.1 Å². The largest absolute Gasteiger partial charge is 0.435 e. The molecule has 0 N–H and O–H groups in total. The van der Waals surface area contributed by atoms with Crippen LogP contribution in [0.1, 0.15) is 17.1 Å². The maximum absolute atomic E-state index is 12.8. The summed E-state index contributed by atoms with van der Waals surface area (Å²) >= 11 is 6.25. The molecule has 0 saturated heterocycles. The number of nitrogens with zero attached hydrogens (tertiary/aromatic N) is 4. The lowest BCUT2D eigenvalue weighted by Crippen LogP contribution is -2.21. The highest BCUT2D eigenvalue weighted by Crippen LogP contribution is 2.32. The molecule has 0 radical (unpaired) electrons. The van der Waals surface area contributed by atoms with E-state index in [0.717, 1.165) is 16.1 Å². The van der Waals surface area contributed by atoms with Crippen molar-refractivity contribution in [2.45, 2.75) is 18.9 Å². The number of rotatable bonds is 2. The van der Waals surface area contributed by atoms with Gasteiger partial charge in [0.2, 0.25) is 0 Å². The highest BCUT2D eigenvalue weighted by Gasteiger charge is 2.36. The Bertz CT molecular complexity index is 1000. The smallest absolute Gasteiger partial charge is 0.269 e. The SMILES string of the molecule is O=c1cc(Cn2nc(C(F)(F)F)cc2Cl)nc2scc(C(F)(F)F)n12. The van der Waals surface area contributed by atoms with Crippen LogP contribution in [-0.4, -0.2) is 19.2 Å². The van der Waals surface area contributed by atoms with Crippen molar-refractivity contribution < 1.29 is 26.3 Å². The zero-order valence-electron chi connectivity index (χ0n) is 11.7. The van der Waals surface area contributed by atoms with Crippen LogP contribution in [0.2, 0.25) is 5.15 Å². The molecule has 0 aliphatic heterocycles. The number of aromatic nitrogens is 4. The van der Waals surface area contributed by atoms with Crippen molar-refractivity contribution in [3.63, 3.8) is 0 Å². The van der Waals surface area contributed by atoms with Crippen molar-refractivity contribution >= 4 is 27.9 Å². The molecule has 0 atom stereocenters. The Morgan fingerprint density at radius 2 is 1.80 bits per heavy atom. The molecule has 5 nitrogen and oxygen atoms in total. The third-order valence-electron chi connectivity index (χ3n) is 3.08. The van der Waals surface area contributed by atoms with Crippen molar-refractivity contribution in [3.05, 3.63) is 50.1 Å². The van der Waals surface area contributed by atoms with Crippen LogP contribution in [0.15, 0.2) is 22.3 Å². The van der Waals surface area contributed by atoms with Crippen LogP contribution < -0.4 is 5.56 Å². The van der Waals surface area contributed by atoms with Crippen molar-refractivity contribution in [2.75, 3.05) is 0 Å². The van der Waals surface area contributed by atoms with E-state index < -0.39 is 35.8 Å². The molecule has 0 aromatic carbocycles. The Balaban J connectivity index is 2.02. The summed E-state index contributed by atoms with van der Waals surface area (Å²) in [6, 6.07) is 1.39. The number of halogens is 7. The highest BCUT2D eigenvalue weighted by molar-refractivity contribution is 7.15. The summed E-state index contributed by atoms with van der Waals surface area (Å²) in [6.45, 7) is -0.403. The van der Waals surface area contributed by atoms with Gasteiger partial charge in [0.25, 0.3) is 5.56 Å². The van der Waals surface area contributed by atoms with Crippen LogP contribution in [0.4, 0.5) is 26.3 Å². The molecule has 0 aliphatic carbocycles. The molecule has 0 aliphatic rings. The van der Waals surface area contributed by atoms with Gasteiger partial charge in [0, 0.05) is 17.5 Å². The Morgan fingerprint density at radius 1 is 1.12 bits per heavy atom. The molecule has 3 rings (SSSR count). The average Bonchev–Trinajstić information content (AvgIpc) is 3.03. The third kappa shape index (κ3) is 3.35. The van der Waals surface area contributed by atoms with E-state index in [2.05, 4.69) is 10.1 Å². The lowest BCUT2D eigenvalue weighted by atomic mass is 10.4. The van der Waals surface area contributed by atoms with Crippen LogP contribution in [0.5, 0.6) is 0 Å². The second-order valence-electron chi connectivity index (χ2n) is 4.83. The quantitative estimate of drug-likeness (QED) is 0.614. The van der Waals surface area contributed by atoms with E-state index >= 15 is 0 Å². The second kappa shape index (κ2) is 5.73. The topological polar surface area (TPSA) is 52.2 Å². The zero-order chi connectivity index (χ0) is 18.6. The van der Waals surface area contributed by atoms with Gasteiger partial charge in [0.15, 0.2) is 10.7 Å². The minimum Gasteiger partial charge on any atom is -0.269 e. The number of alkyl halides is 6. The van der Waals surface area contributed by atoms with Gasteiger partial charge in [0.05, 0.1) is 12.2 Å². The molecule has 3 aromatic heterocycles. The summed E-state index contributed by atoms with van der Waals surface area (Å²) < 4.78 is 77.4. The van der Waals surface area contributed by atoms with Gasteiger partial charge in [-0.1, -0.05) is 11.6 Å². The molecule has 0 amide bonds. The van der Waals surface area contributed by atoms with Gasteiger partial charge in [-0.25, -0.2) is 14.1 Å². The lowest BCUT2D eigenvalue weighted by molar-refractivity contribution is -0.142. The molecule has 25 heavy (non-hydrogen) atoms. The van der Waals surface area contributed by atoms with Gasteiger partial charge in [-0.2, -0.15) is 31.4 Å². The van der Waals surface area contributed by atoms with Crippen molar-refractivity contribution in [2.24, 2.45) is 0 Å². The monoisotopic (exact) mass is 402 g/mol. The highest BCUT2D eigenvalue weighted by atomic mass is 35.5. The van der Waals surface area contributed by atoms with Gasteiger partial charge in [-0.05, 0) is 0 Å². The lowest BCUT2D eigenvalue weighted by Gasteiger charge is -2.07. The van der Waals surface area contributed by atoms with E-state index in [1.807, 2.05) is 0 Å². The molecular weight excluding hydrogens is 398 g/mol. The summed E-state index contributed by atoms with van der Waals surface area (Å²) in [7, 11) is 0. The standard InChI is InChI=1S/C12H5ClF6N4OS/c13-8-2-6(11(14,15)16)21-22(8)3-5-1-9(24)23-7(12(17,18)19)4-25-10(23)20-5/h1-2,4H,3H2. The number of fused-ring (bicyclic) bond motifs is 1. The van der Waals surface area contributed by atoms with Crippen LogP contribution in [0, 0.1) is 0 Å². The average molecular weight is 403 g/mol. The Labute approximate surface area is 143 Å². The predicted molar refractivity (Wildman–Crippen MR) is 75.7 cm³/mol. The van der Waals surface area contributed by atoms with Crippen LogP contribution in [0.3, 0.4) is 0 Å². The molecule has 0 bridgehead atoms. The molecule has 0 saturated carbocycles. The number of hydrogen-bond acceptors (Lipinski definition) is 4. The molecule has 13 heteroatoms. The van der Waals surface area contributed by atoms with Gasteiger partial charge in [-0.3, -0.25) is 4.79 Å². The van der Waals surface area contributed by atoms with E-state index in [-0.39, 0.29) is 15.8 Å². The zero-order valence-corrected chi connectivity index (χ0v) is 13.3. The third-order valence-corrected chi connectivity index (χ3v) is 4.21. The molecule has 3 aromatic rings. The Hall–Kier alpha value is -2.08. The van der Waals surface area contributed by atoms with Crippen LogP contribution in [-0.2, 0) is 18.9 Å². The van der Waals surface area contributed by atoms with Gasteiger partial charge >= 0.3 is 12.4 Å². The molecule has 134 valence electrons. The summed E-state index contributed by atoms with van der Waals surface area (Å²) in [4.78, 5) is 15.6. The van der Waals surface area contributed by atoms with Gasteiger partial charge < -0.3 is 0 Å². The van der Waals surface area contributed by atoms with Crippen LogP contribution in [0.25, 0.3) is 4.96 Å². The number of thiazole rings is 1. The van der Waals surface area contributed by atoms with Crippen molar-refractivity contribution in [3.8, 4) is 0 Å². The Morgan fingerprint density at radius 3 is 2.36 bits per heavy atom. The van der Waals surface area contributed by atoms with Crippen molar-refractivity contribution in [1.82, 2.24) is 19.2 Å². The summed E-state index contributed by atoms with van der Waals surface area (Å²) in [5.74, 6) is 0. The van der Waals surface area contributed by atoms with E-state index in [4.69, 9.17) is 11.6 Å². The minimum atomic E-state index is -4.74. The molecule has 0 unspecified atom stereocenters. The predicted octanol–water partition coefficient (Wildman–Crippen LogP) is 3.69. The fourth-order valence-corrected chi connectivity index (χ4v) is 3.16. The minimum absolute atomic E-state index is 0.0701. The summed E-state index contributed by atoms with van der Waals surface area (Å²) in [5.41, 5.74) is -3.48. The first-order valence-corrected chi connectivity index (χ1v) is 7.60. The Kier molecular flexibility index (Phi) is 4.06. The summed E-state index contributed by atoms with van der Waals surface area (Å²) in [5, 5.41) is 3.65. The van der Waals surface area contributed by atoms with E-state index in [1.54, 1.807) is 0 Å². The van der Waals surface area contributed by atoms with Crippen molar-refractivity contribution in [1.29, 1.82) is 0 Å².